The van der Waals surface area contributed by atoms with Crippen molar-refractivity contribution in [2.45, 2.75) is 32.2 Å². The van der Waals surface area contributed by atoms with Gasteiger partial charge in [0.05, 0.1) is 0 Å². The van der Waals surface area contributed by atoms with Crippen LogP contribution in [-0.2, 0) is 6.54 Å². The fourth-order valence-corrected chi connectivity index (χ4v) is 2.97. The van der Waals surface area contributed by atoms with Crippen molar-refractivity contribution >= 4 is 0 Å². The van der Waals surface area contributed by atoms with E-state index >= 15 is 0 Å². The smallest absolute Gasteiger partial charge is 0.0233 e. The summed E-state index contributed by atoms with van der Waals surface area (Å²) in [5.74, 6) is 0.965. The van der Waals surface area contributed by atoms with Crippen molar-refractivity contribution in [3.8, 4) is 0 Å². The van der Waals surface area contributed by atoms with E-state index in [9.17, 15) is 0 Å². The molecular formula is C17H28N2. The maximum absolute atomic E-state index is 2.61. The summed E-state index contributed by atoms with van der Waals surface area (Å²) in [6.07, 6.45) is 5.55. The van der Waals surface area contributed by atoms with Crippen LogP contribution in [0.4, 0.5) is 0 Å². The normalized spacial score (nSPS) is 18.1. The van der Waals surface area contributed by atoms with Gasteiger partial charge < -0.3 is 4.90 Å². The van der Waals surface area contributed by atoms with Crippen LogP contribution in [0.25, 0.3) is 0 Å². The van der Waals surface area contributed by atoms with Crippen LogP contribution in [0.1, 0.15) is 31.2 Å². The Balaban J connectivity index is 1.65. The lowest BCUT2D eigenvalue weighted by molar-refractivity contribution is 0.169. The number of hydrogen-bond acceptors (Lipinski definition) is 2. The van der Waals surface area contributed by atoms with E-state index in [2.05, 4.69) is 54.2 Å². The van der Waals surface area contributed by atoms with Crippen LogP contribution in [0.3, 0.4) is 0 Å². The van der Waals surface area contributed by atoms with E-state index in [0.717, 1.165) is 12.5 Å². The van der Waals surface area contributed by atoms with Gasteiger partial charge in [0, 0.05) is 6.54 Å². The molecule has 1 saturated heterocycles. The van der Waals surface area contributed by atoms with Gasteiger partial charge in [0.15, 0.2) is 0 Å². The van der Waals surface area contributed by atoms with Gasteiger partial charge >= 0.3 is 0 Å². The van der Waals surface area contributed by atoms with Gasteiger partial charge in [-0.25, -0.2) is 0 Å². The van der Waals surface area contributed by atoms with Crippen LogP contribution >= 0.6 is 0 Å². The van der Waals surface area contributed by atoms with Gasteiger partial charge in [-0.15, -0.1) is 0 Å². The Morgan fingerprint density at radius 1 is 1.11 bits per heavy atom. The lowest BCUT2D eigenvalue weighted by Crippen LogP contribution is -2.33. The lowest BCUT2D eigenvalue weighted by atomic mass is 9.92. The van der Waals surface area contributed by atoms with E-state index < -0.39 is 0 Å². The molecule has 0 aliphatic carbocycles. The molecule has 1 aromatic carbocycles. The SMILES string of the molecule is CN(C)CCCC1CCN(Cc2ccccc2)CC1. The van der Waals surface area contributed by atoms with E-state index in [0.29, 0.717) is 0 Å². The number of benzene rings is 1. The molecule has 0 saturated carbocycles. The van der Waals surface area contributed by atoms with Gasteiger partial charge in [-0.3, -0.25) is 4.90 Å². The quantitative estimate of drug-likeness (QED) is 0.775. The molecule has 1 fully saturated rings. The molecule has 0 radical (unpaired) electrons. The Morgan fingerprint density at radius 3 is 2.42 bits per heavy atom. The third-order valence-electron chi connectivity index (χ3n) is 4.17. The van der Waals surface area contributed by atoms with Crippen molar-refractivity contribution < 1.29 is 0 Å². The number of hydrogen-bond donors (Lipinski definition) is 0. The second-order valence-electron chi connectivity index (χ2n) is 6.15. The third kappa shape index (κ3) is 5.33. The Hall–Kier alpha value is -0.860. The van der Waals surface area contributed by atoms with Crippen molar-refractivity contribution in [1.82, 2.24) is 9.80 Å². The molecule has 0 unspecified atom stereocenters. The van der Waals surface area contributed by atoms with Gasteiger partial charge in [0.2, 0.25) is 0 Å². The highest BCUT2D eigenvalue weighted by molar-refractivity contribution is 5.14. The monoisotopic (exact) mass is 260 g/mol. The first-order valence-corrected chi connectivity index (χ1v) is 7.65. The minimum Gasteiger partial charge on any atom is -0.309 e. The average Bonchev–Trinajstić information content (AvgIpc) is 2.42. The van der Waals surface area contributed by atoms with Crippen molar-refractivity contribution in [2.75, 3.05) is 33.7 Å². The van der Waals surface area contributed by atoms with Crippen LogP contribution in [0.15, 0.2) is 30.3 Å². The van der Waals surface area contributed by atoms with Crippen molar-refractivity contribution in [1.29, 1.82) is 0 Å². The molecule has 106 valence electrons. The summed E-state index contributed by atoms with van der Waals surface area (Å²) in [5, 5.41) is 0. The average molecular weight is 260 g/mol. The molecule has 0 spiro atoms. The highest BCUT2D eigenvalue weighted by Gasteiger charge is 2.18. The molecule has 0 atom stereocenters. The fourth-order valence-electron chi connectivity index (χ4n) is 2.97. The van der Waals surface area contributed by atoms with Crippen molar-refractivity contribution in [3.05, 3.63) is 35.9 Å². The zero-order valence-corrected chi connectivity index (χ0v) is 12.5. The predicted molar refractivity (Wildman–Crippen MR) is 82.2 cm³/mol. The molecule has 1 aliphatic heterocycles. The number of piperidine rings is 1. The molecule has 0 aromatic heterocycles. The number of nitrogens with zero attached hydrogens (tertiary/aromatic N) is 2. The number of likely N-dealkylation sites (tertiary alicyclic amines) is 1. The summed E-state index contributed by atoms with van der Waals surface area (Å²) in [4.78, 5) is 4.91. The van der Waals surface area contributed by atoms with Crippen LogP contribution in [0.2, 0.25) is 0 Å². The van der Waals surface area contributed by atoms with Crippen molar-refractivity contribution in [3.63, 3.8) is 0 Å². The van der Waals surface area contributed by atoms with Gasteiger partial charge in [0.25, 0.3) is 0 Å². The molecule has 19 heavy (non-hydrogen) atoms. The van der Waals surface area contributed by atoms with Crippen LogP contribution in [0.5, 0.6) is 0 Å². The van der Waals surface area contributed by atoms with Gasteiger partial charge in [0.1, 0.15) is 0 Å². The Bertz CT molecular complexity index is 340. The van der Waals surface area contributed by atoms with Gasteiger partial charge in [-0.1, -0.05) is 30.3 Å². The van der Waals surface area contributed by atoms with E-state index in [4.69, 9.17) is 0 Å². The van der Waals surface area contributed by atoms with E-state index in [1.807, 2.05) is 0 Å². The van der Waals surface area contributed by atoms with E-state index in [-0.39, 0.29) is 0 Å². The lowest BCUT2D eigenvalue weighted by Gasteiger charge is -2.32. The minimum absolute atomic E-state index is 0.965. The molecule has 2 rings (SSSR count). The first-order valence-electron chi connectivity index (χ1n) is 7.65. The van der Waals surface area contributed by atoms with Gasteiger partial charge in [-0.05, 0) is 70.9 Å². The molecule has 0 N–H and O–H groups in total. The molecule has 2 heteroatoms. The van der Waals surface area contributed by atoms with Crippen LogP contribution in [0, 0.1) is 5.92 Å². The molecule has 1 aliphatic rings. The summed E-state index contributed by atoms with van der Waals surface area (Å²) in [7, 11) is 4.34. The Morgan fingerprint density at radius 2 is 1.79 bits per heavy atom. The minimum atomic E-state index is 0.965. The summed E-state index contributed by atoms with van der Waals surface area (Å²) in [5.41, 5.74) is 1.45. The van der Waals surface area contributed by atoms with Crippen LogP contribution in [-0.4, -0.2) is 43.5 Å². The topological polar surface area (TPSA) is 6.48 Å². The molecule has 0 bridgehead atoms. The largest absolute Gasteiger partial charge is 0.309 e. The molecule has 1 aromatic rings. The molecule has 2 nitrogen and oxygen atoms in total. The highest BCUT2D eigenvalue weighted by atomic mass is 15.1. The number of rotatable bonds is 6. The first-order chi connectivity index (χ1) is 9.24. The predicted octanol–water partition coefficient (Wildman–Crippen LogP) is 3.24. The first kappa shape index (κ1) is 14.5. The Labute approximate surface area is 118 Å². The molecule has 1 heterocycles. The molecular weight excluding hydrogens is 232 g/mol. The van der Waals surface area contributed by atoms with E-state index in [1.165, 1.54) is 50.9 Å². The Kier molecular flexibility index (Phi) is 5.87. The third-order valence-corrected chi connectivity index (χ3v) is 4.17. The zero-order valence-electron chi connectivity index (χ0n) is 12.5. The second kappa shape index (κ2) is 7.66. The highest BCUT2D eigenvalue weighted by Crippen LogP contribution is 2.23. The molecule has 0 amide bonds. The summed E-state index contributed by atoms with van der Waals surface area (Å²) in [6, 6.07) is 10.9. The van der Waals surface area contributed by atoms with E-state index in [1.54, 1.807) is 0 Å². The second-order valence-corrected chi connectivity index (χ2v) is 6.15. The maximum Gasteiger partial charge on any atom is 0.0233 e. The maximum atomic E-state index is 2.61. The van der Waals surface area contributed by atoms with Gasteiger partial charge in [-0.2, -0.15) is 0 Å². The fraction of sp³-hybridized carbons (Fsp3) is 0.647. The summed E-state index contributed by atoms with van der Waals surface area (Å²) in [6.45, 7) is 4.93. The standard InChI is InChI=1S/C17H28N2/c1-18(2)12-6-9-16-10-13-19(14-11-16)15-17-7-4-3-5-8-17/h3-5,7-8,16H,6,9-15H2,1-2H3. The summed E-state index contributed by atoms with van der Waals surface area (Å²) < 4.78 is 0. The van der Waals surface area contributed by atoms with Crippen LogP contribution < -0.4 is 0 Å². The zero-order chi connectivity index (χ0) is 13.5. The summed E-state index contributed by atoms with van der Waals surface area (Å²) >= 11 is 0. The van der Waals surface area contributed by atoms with Crippen molar-refractivity contribution in [2.24, 2.45) is 5.92 Å².